The Morgan fingerprint density at radius 1 is 1.27 bits per heavy atom. The van der Waals surface area contributed by atoms with Crippen molar-refractivity contribution in [2.45, 2.75) is 0 Å². The normalized spacial score (nSPS) is 9.55. The molecule has 0 heterocycles. The van der Waals surface area contributed by atoms with Crippen LogP contribution in [0.1, 0.15) is 0 Å². The van der Waals surface area contributed by atoms with Gasteiger partial charge in [-0.3, -0.25) is 4.84 Å². The molecule has 0 amide bonds. The van der Waals surface area contributed by atoms with Crippen LogP contribution < -0.4 is 10.8 Å². The number of hydroxylamine groups is 1. The summed E-state index contributed by atoms with van der Waals surface area (Å²) in [5.41, 5.74) is 3.63. The zero-order valence-corrected chi connectivity index (χ0v) is 6.50. The molecule has 0 saturated carbocycles. The highest BCUT2D eigenvalue weighted by molar-refractivity contribution is 5.41. The molecule has 1 rings (SSSR count). The predicted octanol–water partition coefficient (Wildman–Crippen LogP) is 1.21. The molecule has 0 bridgehead atoms. The van der Waals surface area contributed by atoms with Crippen LogP contribution in [0.4, 0.5) is 5.69 Å². The van der Waals surface area contributed by atoms with Gasteiger partial charge < -0.3 is 5.32 Å². The highest BCUT2D eigenvalue weighted by Crippen LogP contribution is 2.03. The van der Waals surface area contributed by atoms with Crippen LogP contribution in [0.5, 0.6) is 0 Å². The van der Waals surface area contributed by atoms with E-state index in [2.05, 4.69) is 10.8 Å². The molecule has 60 valence electrons. The molecule has 0 fully saturated rings. The molecule has 0 atom stereocenters. The predicted molar refractivity (Wildman–Crippen MR) is 45.1 cm³/mol. The third-order valence-corrected chi connectivity index (χ3v) is 1.27. The second-order valence-corrected chi connectivity index (χ2v) is 2.04. The minimum Gasteiger partial charge on any atom is -0.361 e. The molecule has 0 aromatic heterocycles. The van der Waals surface area contributed by atoms with Gasteiger partial charge in [0.15, 0.2) is 0 Å². The Labute approximate surface area is 66.3 Å². The third-order valence-electron chi connectivity index (χ3n) is 1.27. The third kappa shape index (κ3) is 3.02. The molecule has 0 aliphatic rings. The summed E-state index contributed by atoms with van der Waals surface area (Å²) < 4.78 is 0. The Kier molecular flexibility index (Phi) is 3.44. The Morgan fingerprint density at radius 2 is 2.00 bits per heavy atom. The monoisotopic (exact) mass is 152 g/mol. The number of hydrogen-bond donors (Lipinski definition) is 2. The number of para-hydroxylation sites is 1. The van der Waals surface area contributed by atoms with Crippen molar-refractivity contribution >= 4 is 5.69 Å². The first-order chi connectivity index (χ1) is 5.43. The molecule has 0 spiro atoms. The van der Waals surface area contributed by atoms with Crippen molar-refractivity contribution < 1.29 is 4.84 Å². The molecule has 0 aliphatic carbocycles. The zero-order chi connectivity index (χ0) is 7.94. The van der Waals surface area contributed by atoms with E-state index in [1.807, 2.05) is 30.3 Å². The average molecular weight is 152 g/mol. The van der Waals surface area contributed by atoms with Crippen LogP contribution in [-0.4, -0.2) is 13.8 Å². The van der Waals surface area contributed by atoms with E-state index < -0.39 is 0 Å². The van der Waals surface area contributed by atoms with Crippen molar-refractivity contribution in [3.63, 3.8) is 0 Å². The van der Waals surface area contributed by atoms with Gasteiger partial charge in [0.25, 0.3) is 0 Å². The van der Waals surface area contributed by atoms with Crippen LogP contribution in [0, 0.1) is 0 Å². The van der Waals surface area contributed by atoms with E-state index in [0.29, 0.717) is 6.73 Å². The fraction of sp³-hybridized carbons (Fsp3) is 0.250. The summed E-state index contributed by atoms with van der Waals surface area (Å²) >= 11 is 0. The minimum absolute atomic E-state index is 0.473. The van der Waals surface area contributed by atoms with E-state index in [9.17, 15) is 0 Å². The highest BCUT2D eigenvalue weighted by Gasteiger charge is 1.85. The average Bonchev–Trinajstić information content (AvgIpc) is 2.07. The number of nitrogens with one attached hydrogen (secondary N) is 2. The van der Waals surface area contributed by atoms with E-state index in [1.54, 1.807) is 7.05 Å². The molecular weight excluding hydrogens is 140 g/mol. The second-order valence-electron chi connectivity index (χ2n) is 2.04. The van der Waals surface area contributed by atoms with Crippen molar-refractivity contribution in [1.29, 1.82) is 0 Å². The van der Waals surface area contributed by atoms with Gasteiger partial charge in [-0.1, -0.05) is 18.2 Å². The molecule has 0 radical (unpaired) electrons. The molecule has 2 N–H and O–H groups in total. The lowest BCUT2D eigenvalue weighted by molar-refractivity contribution is 0.0727. The van der Waals surface area contributed by atoms with Crippen molar-refractivity contribution in [3.05, 3.63) is 30.3 Å². The molecule has 0 saturated heterocycles. The Hall–Kier alpha value is -1.06. The van der Waals surface area contributed by atoms with Crippen molar-refractivity contribution in [2.24, 2.45) is 0 Å². The fourth-order valence-corrected chi connectivity index (χ4v) is 0.748. The van der Waals surface area contributed by atoms with Crippen LogP contribution in [0.15, 0.2) is 30.3 Å². The lowest BCUT2D eigenvalue weighted by Gasteiger charge is -2.04. The van der Waals surface area contributed by atoms with Crippen LogP contribution >= 0.6 is 0 Å². The maximum atomic E-state index is 4.88. The second kappa shape index (κ2) is 4.71. The van der Waals surface area contributed by atoms with Gasteiger partial charge in [0.1, 0.15) is 6.73 Å². The van der Waals surface area contributed by atoms with Gasteiger partial charge in [-0.25, -0.2) is 5.48 Å². The lowest BCUT2D eigenvalue weighted by Crippen LogP contribution is -2.14. The highest BCUT2D eigenvalue weighted by atomic mass is 16.6. The summed E-state index contributed by atoms with van der Waals surface area (Å²) in [4.78, 5) is 4.88. The van der Waals surface area contributed by atoms with E-state index in [0.717, 1.165) is 5.69 Å². The molecular formula is C8H12N2O. The van der Waals surface area contributed by atoms with E-state index >= 15 is 0 Å². The Balaban J connectivity index is 2.28. The van der Waals surface area contributed by atoms with Crippen LogP contribution in [0.25, 0.3) is 0 Å². The van der Waals surface area contributed by atoms with Gasteiger partial charge in [0.2, 0.25) is 0 Å². The zero-order valence-electron chi connectivity index (χ0n) is 6.50. The van der Waals surface area contributed by atoms with Gasteiger partial charge in [0.05, 0.1) is 0 Å². The number of rotatable bonds is 4. The topological polar surface area (TPSA) is 33.3 Å². The van der Waals surface area contributed by atoms with E-state index in [-0.39, 0.29) is 0 Å². The van der Waals surface area contributed by atoms with Gasteiger partial charge in [0, 0.05) is 12.7 Å². The van der Waals surface area contributed by atoms with E-state index in [1.165, 1.54) is 0 Å². The molecule has 1 aromatic rings. The Bertz CT molecular complexity index is 189. The van der Waals surface area contributed by atoms with Gasteiger partial charge in [-0.05, 0) is 12.1 Å². The minimum atomic E-state index is 0.473. The van der Waals surface area contributed by atoms with Crippen molar-refractivity contribution in [1.82, 2.24) is 5.48 Å². The van der Waals surface area contributed by atoms with Gasteiger partial charge in [-0.15, -0.1) is 0 Å². The number of anilines is 1. The van der Waals surface area contributed by atoms with Crippen LogP contribution in [0.2, 0.25) is 0 Å². The summed E-state index contributed by atoms with van der Waals surface area (Å²) in [5.74, 6) is 0. The number of hydrogen-bond acceptors (Lipinski definition) is 3. The van der Waals surface area contributed by atoms with Crippen molar-refractivity contribution in [3.8, 4) is 0 Å². The maximum absolute atomic E-state index is 4.88. The smallest absolute Gasteiger partial charge is 0.137 e. The van der Waals surface area contributed by atoms with Crippen LogP contribution in [-0.2, 0) is 4.84 Å². The SMILES string of the molecule is CNOCNc1ccccc1. The maximum Gasteiger partial charge on any atom is 0.137 e. The standard InChI is InChI=1S/C8H12N2O/c1-9-11-7-10-8-5-3-2-4-6-8/h2-6,9-10H,7H2,1H3. The summed E-state index contributed by atoms with van der Waals surface area (Å²) in [6.45, 7) is 0.473. The first kappa shape index (κ1) is 8.04. The van der Waals surface area contributed by atoms with Crippen LogP contribution in [0.3, 0.4) is 0 Å². The molecule has 1 aromatic carbocycles. The molecule has 3 heteroatoms. The first-order valence-electron chi connectivity index (χ1n) is 3.51. The first-order valence-corrected chi connectivity index (χ1v) is 3.51. The quantitative estimate of drug-likeness (QED) is 0.386. The van der Waals surface area contributed by atoms with E-state index in [4.69, 9.17) is 4.84 Å². The molecule has 0 aliphatic heterocycles. The summed E-state index contributed by atoms with van der Waals surface area (Å²) in [6, 6.07) is 9.89. The summed E-state index contributed by atoms with van der Waals surface area (Å²) in [7, 11) is 1.73. The van der Waals surface area contributed by atoms with Crippen molar-refractivity contribution in [2.75, 3.05) is 19.1 Å². The summed E-state index contributed by atoms with van der Waals surface area (Å²) in [5, 5.41) is 3.06. The fourth-order valence-electron chi connectivity index (χ4n) is 0.748. The largest absolute Gasteiger partial charge is 0.361 e. The van der Waals surface area contributed by atoms with Gasteiger partial charge >= 0.3 is 0 Å². The summed E-state index contributed by atoms with van der Waals surface area (Å²) in [6.07, 6.45) is 0. The molecule has 0 unspecified atom stereocenters. The molecule has 3 nitrogen and oxygen atoms in total. The molecule has 11 heavy (non-hydrogen) atoms. The lowest BCUT2D eigenvalue weighted by atomic mass is 10.3. The number of benzene rings is 1. The van der Waals surface area contributed by atoms with Gasteiger partial charge in [-0.2, -0.15) is 0 Å². The Morgan fingerprint density at radius 3 is 2.64 bits per heavy atom.